The molecule has 2 rings (SSSR count). The molecule has 0 aliphatic heterocycles. The van der Waals surface area contributed by atoms with Gasteiger partial charge in [0.25, 0.3) is 0 Å². The van der Waals surface area contributed by atoms with Crippen LogP contribution in [0.1, 0.15) is 44.1 Å². The number of benzene rings is 1. The zero-order valence-corrected chi connectivity index (χ0v) is 13.0. The molecule has 5 heteroatoms. The van der Waals surface area contributed by atoms with Crippen molar-refractivity contribution in [2.24, 2.45) is 0 Å². The molecule has 3 nitrogen and oxygen atoms in total. The smallest absolute Gasteiger partial charge is 0.195 e. The molecular formula is C13H16BrN3S. The Kier molecular flexibility index (Phi) is 4.02. The van der Waals surface area contributed by atoms with E-state index >= 15 is 0 Å². The van der Waals surface area contributed by atoms with Gasteiger partial charge in [-0.2, -0.15) is 5.10 Å². The van der Waals surface area contributed by atoms with Gasteiger partial charge in [-0.1, -0.05) is 41.9 Å². The maximum atomic E-state index is 5.33. The fourth-order valence-corrected chi connectivity index (χ4v) is 2.55. The summed E-state index contributed by atoms with van der Waals surface area (Å²) in [5, 5.41) is 7.20. The first-order chi connectivity index (χ1) is 8.50. The minimum atomic E-state index is 0.182. The molecule has 1 atom stereocenters. The van der Waals surface area contributed by atoms with E-state index in [1.165, 1.54) is 5.56 Å². The van der Waals surface area contributed by atoms with Crippen LogP contribution in [-0.4, -0.2) is 14.8 Å². The third kappa shape index (κ3) is 2.57. The lowest BCUT2D eigenvalue weighted by Gasteiger charge is -2.17. The Labute approximate surface area is 120 Å². The fraction of sp³-hybridized carbons (Fsp3) is 0.385. The Bertz CT molecular complexity index is 583. The lowest BCUT2D eigenvalue weighted by molar-refractivity contribution is 0.573. The summed E-state index contributed by atoms with van der Waals surface area (Å²) in [6.07, 6.45) is 0. The number of H-pyrrole nitrogens is 1. The van der Waals surface area contributed by atoms with Crippen molar-refractivity contribution in [1.82, 2.24) is 14.8 Å². The topological polar surface area (TPSA) is 33.6 Å². The van der Waals surface area contributed by atoms with Crippen LogP contribution in [0.3, 0.4) is 0 Å². The van der Waals surface area contributed by atoms with Gasteiger partial charge in [-0.05, 0) is 36.8 Å². The van der Waals surface area contributed by atoms with Crippen molar-refractivity contribution in [3.63, 3.8) is 0 Å². The molecule has 0 amide bonds. The van der Waals surface area contributed by atoms with Crippen molar-refractivity contribution in [3.8, 4) is 0 Å². The highest BCUT2D eigenvalue weighted by Crippen LogP contribution is 2.24. The van der Waals surface area contributed by atoms with E-state index in [1.54, 1.807) is 0 Å². The van der Waals surface area contributed by atoms with Crippen LogP contribution in [0.15, 0.2) is 28.7 Å². The van der Waals surface area contributed by atoms with Crippen LogP contribution >= 0.6 is 28.1 Å². The summed E-state index contributed by atoms with van der Waals surface area (Å²) >= 11 is 8.78. The molecule has 0 spiro atoms. The third-order valence-electron chi connectivity index (χ3n) is 2.99. The Morgan fingerprint density at radius 2 is 1.83 bits per heavy atom. The van der Waals surface area contributed by atoms with E-state index in [2.05, 4.69) is 63.6 Å². The van der Waals surface area contributed by atoms with Crippen molar-refractivity contribution in [1.29, 1.82) is 0 Å². The zero-order valence-electron chi connectivity index (χ0n) is 10.6. The van der Waals surface area contributed by atoms with Crippen LogP contribution in [0.5, 0.6) is 0 Å². The van der Waals surface area contributed by atoms with E-state index in [0.717, 1.165) is 10.3 Å². The van der Waals surface area contributed by atoms with E-state index in [0.29, 0.717) is 10.7 Å². The quantitative estimate of drug-likeness (QED) is 0.846. The maximum Gasteiger partial charge on any atom is 0.195 e. The molecule has 0 aliphatic carbocycles. The van der Waals surface area contributed by atoms with E-state index in [4.69, 9.17) is 12.2 Å². The molecule has 1 unspecified atom stereocenters. The normalized spacial score (nSPS) is 12.9. The molecule has 96 valence electrons. The summed E-state index contributed by atoms with van der Waals surface area (Å²) in [5.74, 6) is 1.34. The molecule has 1 aromatic heterocycles. The summed E-state index contributed by atoms with van der Waals surface area (Å²) in [4.78, 5) is 0. The third-order valence-corrected chi connectivity index (χ3v) is 3.80. The van der Waals surface area contributed by atoms with Gasteiger partial charge in [0, 0.05) is 10.4 Å². The number of rotatable bonds is 3. The van der Waals surface area contributed by atoms with Crippen LogP contribution in [-0.2, 0) is 0 Å². The van der Waals surface area contributed by atoms with Gasteiger partial charge in [0.15, 0.2) is 4.77 Å². The minimum absolute atomic E-state index is 0.182. The van der Waals surface area contributed by atoms with E-state index in [-0.39, 0.29) is 6.04 Å². The van der Waals surface area contributed by atoms with Gasteiger partial charge < -0.3 is 0 Å². The summed E-state index contributed by atoms with van der Waals surface area (Å²) in [6, 6.07) is 8.48. The highest BCUT2D eigenvalue weighted by atomic mass is 79.9. The SMILES string of the molecule is CC(C)c1n[nH]c(=S)n1C(C)c1ccc(Br)cc1. The van der Waals surface area contributed by atoms with Gasteiger partial charge in [0.05, 0.1) is 6.04 Å². The number of nitrogens with one attached hydrogen (secondary N) is 1. The highest BCUT2D eigenvalue weighted by Gasteiger charge is 2.16. The number of aromatic amines is 1. The standard InChI is InChI=1S/C13H16BrN3S/c1-8(2)12-15-16-13(18)17(12)9(3)10-4-6-11(14)7-5-10/h4-9H,1-3H3,(H,16,18). The van der Waals surface area contributed by atoms with E-state index < -0.39 is 0 Å². The largest absolute Gasteiger partial charge is 0.297 e. The average Bonchev–Trinajstić information content (AvgIpc) is 2.71. The monoisotopic (exact) mass is 325 g/mol. The molecule has 0 radical (unpaired) electrons. The molecule has 0 aliphatic rings. The number of hydrogen-bond acceptors (Lipinski definition) is 2. The van der Waals surface area contributed by atoms with Gasteiger partial charge in [0.2, 0.25) is 0 Å². The average molecular weight is 326 g/mol. The van der Waals surface area contributed by atoms with Crippen molar-refractivity contribution in [2.75, 3.05) is 0 Å². The van der Waals surface area contributed by atoms with E-state index in [9.17, 15) is 0 Å². The Morgan fingerprint density at radius 1 is 1.22 bits per heavy atom. The molecule has 1 aromatic carbocycles. The molecule has 0 bridgehead atoms. The van der Waals surface area contributed by atoms with Crippen LogP contribution in [0.2, 0.25) is 0 Å². The van der Waals surface area contributed by atoms with Crippen LogP contribution in [0.25, 0.3) is 0 Å². The highest BCUT2D eigenvalue weighted by molar-refractivity contribution is 9.10. The number of aromatic nitrogens is 3. The maximum absolute atomic E-state index is 5.33. The molecule has 2 aromatic rings. The predicted octanol–water partition coefficient (Wildman–Crippen LogP) is 4.44. The van der Waals surface area contributed by atoms with Crippen LogP contribution in [0, 0.1) is 4.77 Å². The molecule has 1 heterocycles. The minimum Gasteiger partial charge on any atom is -0.297 e. The number of nitrogens with zero attached hydrogens (tertiary/aromatic N) is 2. The lowest BCUT2D eigenvalue weighted by Crippen LogP contribution is -2.12. The molecule has 0 saturated heterocycles. The van der Waals surface area contributed by atoms with Crippen molar-refractivity contribution >= 4 is 28.1 Å². The van der Waals surface area contributed by atoms with Crippen molar-refractivity contribution in [2.45, 2.75) is 32.7 Å². The predicted molar refractivity (Wildman–Crippen MR) is 79.5 cm³/mol. The number of halogens is 1. The second-order valence-corrected chi connectivity index (χ2v) is 5.94. The van der Waals surface area contributed by atoms with Gasteiger partial charge >= 0.3 is 0 Å². The first kappa shape index (κ1) is 13.5. The second-order valence-electron chi connectivity index (χ2n) is 4.64. The Hall–Kier alpha value is -0.940. The van der Waals surface area contributed by atoms with Crippen molar-refractivity contribution < 1.29 is 0 Å². The second kappa shape index (κ2) is 5.36. The molecule has 0 saturated carbocycles. The van der Waals surface area contributed by atoms with Crippen LogP contribution in [0.4, 0.5) is 0 Å². The summed E-state index contributed by atoms with van der Waals surface area (Å²) < 4.78 is 3.84. The molecule has 1 N–H and O–H groups in total. The fourth-order valence-electron chi connectivity index (χ4n) is 1.99. The summed E-state index contributed by atoms with van der Waals surface area (Å²) in [6.45, 7) is 6.38. The van der Waals surface area contributed by atoms with Gasteiger partial charge in [-0.15, -0.1) is 0 Å². The first-order valence-corrected chi connectivity index (χ1v) is 7.13. The summed E-state index contributed by atoms with van der Waals surface area (Å²) in [7, 11) is 0. The Balaban J connectivity index is 2.45. The molecular weight excluding hydrogens is 310 g/mol. The number of hydrogen-bond donors (Lipinski definition) is 1. The van der Waals surface area contributed by atoms with E-state index in [1.807, 2.05) is 12.1 Å². The van der Waals surface area contributed by atoms with Crippen LogP contribution < -0.4 is 0 Å². The molecule has 0 fully saturated rings. The van der Waals surface area contributed by atoms with Gasteiger partial charge in [-0.25, -0.2) is 0 Å². The molecule has 18 heavy (non-hydrogen) atoms. The lowest BCUT2D eigenvalue weighted by atomic mass is 10.1. The van der Waals surface area contributed by atoms with Crippen molar-refractivity contribution in [3.05, 3.63) is 44.9 Å². The van der Waals surface area contributed by atoms with Gasteiger partial charge in [-0.3, -0.25) is 9.67 Å². The van der Waals surface area contributed by atoms with Gasteiger partial charge in [0.1, 0.15) is 5.82 Å². The zero-order chi connectivity index (χ0) is 13.3. The first-order valence-electron chi connectivity index (χ1n) is 5.93. The Morgan fingerprint density at radius 3 is 2.39 bits per heavy atom. The summed E-state index contributed by atoms with van der Waals surface area (Å²) in [5.41, 5.74) is 1.22.